The Hall–Kier alpha value is -1.36. The van der Waals surface area contributed by atoms with E-state index >= 15 is 0 Å². The average Bonchev–Trinajstić information content (AvgIpc) is 2.27. The van der Waals surface area contributed by atoms with Crippen molar-refractivity contribution in [3.8, 4) is 0 Å². The van der Waals surface area contributed by atoms with Crippen LogP contribution in [-0.2, 0) is 15.0 Å². The minimum absolute atomic E-state index is 0.108. The van der Waals surface area contributed by atoms with Gasteiger partial charge in [0.15, 0.2) is 0 Å². The van der Waals surface area contributed by atoms with Crippen LogP contribution in [-0.4, -0.2) is 31.0 Å². The Balaban J connectivity index is 3.27. The molecule has 0 saturated heterocycles. The first kappa shape index (κ1) is 14.7. The molecule has 1 aromatic carbocycles. The molecule has 18 heavy (non-hydrogen) atoms. The number of carboxylic acids is 1. The highest BCUT2D eigenvalue weighted by Crippen LogP contribution is 2.32. The van der Waals surface area contributed by atoms with Crippen LogP contribution in [0.15, 0.2) is 22.7 Å². The van der Waals surface area contributed by atoms with Gasteiger partial charge in [0.2, 0.25) is 0 Å². The molecule has 4 nitrogen and oxygen atoms in total. The Kier molecular flexibility index (Phi) is 4.51. The molecule has 1 aromatic rings. The predicted molar refractivity (Wildman–Crippen MR) is 74.1 cm³/mol. The Morgan fingerprint density at radius 2 is 2.11 bits per heavy atom. The van der Waals surface area contributed by atoms with Crippen LogP contribution in [0.3, 0.4) is 0 Å². The summed E-state index contributed by atoms with van der Waals surface area (Å²) in [5.41, 5.74) is 0.889. The number of aliphatic carboxylic acids is 1. The number of hydrogen-bond donors (Lipinski definition) is 1. The highest BCUT2D eigenvalue weighted by Gasteiger charge is 2.25. The fourth-order valence-corrected chi connectivity index (χ4v) is 2.07. The summed E-state index contributed by atoms with van der Waals surface area (Å²) in [6, 6.07) is 5.49. The number of anilines is 1. The summed E-state index contributed by atoms with van der Waals surface area (Å²) < 4.78 is 0.861. The van der Waals surface area contributed by atoms with Crippen LogP contribution < -0.4 is 4.90 Å². The third-order valence-corrected chi connectivity index (χ3v) is 3.22. The maximum Gasteiger partial charge on any atom is 0.323 e. The molecule has 5 heteroatoms. The topological polar surface area (TPSA) is 57.6 Å². The minimum atomic E-state index is -0.907. The van der Waals surface area contributed by atoms with E-state index in [0.717, 1.165) is 22.0 Å². The van der Waals surface area contributed by atoms with Gasteiger partial charge in [-0.15, -0.1) is 0 Å². The standard InChI is InChI=1S/C13H16BrNO3/c1-13(2,8-16)10-6-9(14)4-5-11(10)15(3)7-12(17)18/h4-6,8H,7H2,1-3H3,(H,17,18). The molecule has 0 aliphatic rings. The number of hydrogen-bond acceptors (Lipinski definition) is 3. The Morgan fingerprint density at radius 1 is 1.50 bits per heavy atom. The van der Waals surface area contributed by atoms with Crippen molar-refractivity contribution < 1.29 is 14.7 Å². The number of halogens is 1. The van der Waals surface area contributed by atoms with Crippen LogP contribution >= 0.6 is 15.9 Å². The summed E-state index contributed by atoms with van der Waals surface area (Å²) in [6.45, 7) is 3.50. The van der Waals surface area contributed by atoms with Gasteiger partial charge in [0, 0.05) is 22.6 Å². The second-order valence-electron chi connectivity index (χ2n) is 4.75. The number of aldehydes is 1. The first-order valence-corrected chi connectivity index (χ1v) is 6.26. The summed E-state index contributed by atoms with van der Waals surface area (Å²) in [6.07, 6.45) is 0.868. The molecule has 0 fully saturated rings. The van der Waals surface area contributed by atoms with Gasteiger partial charge < -0.3 is 14.8 Å². The first-order valence-electron chi connectivity index (χ1n) is 5.47. The third kappa shape index (κ3) is 3.32. The van der Waals surface area contributed by atoms with Gasteiger partial charge in [-0.05, 0) is 37.6 Å². The van der Waals surface area contributed by atoms with Crippen molar-refractivity contribution >= 4 is 33.9 Å². The first-order chi connectivity index (χ1) is 8.27. The molecule has 0 unspecified atom stereocenters. The second kappa shape index (κ2) is 5.52. The molecule has 98 valence electrons. The average molecular weight is 314 g/mol. The van der Waals surface area contributed by atoms with Crippen molar-refractivity contribution in [3.05, 3.63) is 28.2 Å². The summed E-state index contributed by atoms with van der Waals surface area (Å²) in [4.78, 5) is 23.6. The number of nitrogens with zero attached hydrogens (tertiary/aromatic N) is 1. The van der Waals surface area contributed by atoms with Gasteiger partial charge in [-0.3, -0.25) is 4.79 Å². The Morgan fingerprint density at radius 3 is 2.61 bits per heavy atom. The van der Waals surface area contributed by atoms with Gasteiger partial charge in [0.1, 0.15) is 12.8 Å². The van der Waals surface area contributed by atoms with Gasteiger partial charge in [0.05, 0.1) is 0 Å². The quantitative estimate of drug-likeness (QED) is 0.848. The molecular formula is C13H16BrNO3. The zero-order valence-electron chi connectivity index (χ0n) is 10.6. The molecule has 0 radical (unpaired) electrons. The van der Waals surface area contributed by atoms with Crippen molar-refractivity contribution in [1.29, 1.82) is 0 Å². The summed E-state index contributed by atoms with van der Waals surface area (Å²) >= 11 is 3.37. The molecular weight excluding hydrogens is 298 g/mol. The highest BCUT2D eigenvalue weighted by molar-refractivity contribution is 9.10. The molecule has 0 atom stereocenters. The van der Waals surface area contributed by atoms with Crippen molar-refractivity contribution in [2.24, 2.45) is 0 Å². The van der Waals surface area contributed by atoms with Crippen LogP contribution in [0.5, 0.6) is 0 Å². The predicted octanol–water partition coefficient (Wildman–Crippen LogP) is 2.45. The van der Waals surface area contributed by atoms with E-state index in [4.69, 9.17) is 5.11 Å². The van der Waals surface area contributed by atoms with Crippen LogP contribution in [0.25, 0.3) is 0 Å². The molecule has 0 amide bonds. The van der Waals surface area contributed by atoms with E-state index in [-0.39, 0.29) is 6.54 Å². The lowest BCUT2D eigenvalue weighted by Crippen LogP contribution is -2.29. The molecule has 0 aliphatic heterocycles. The molecule has 1 N–H and O–H groups in total. The van der Waals surface area contributed by atoms with E-state index in [9.17, 15) is 9.59 Å². The van der Waals surface area contributed by atoms with Crippen molar-refractivity contribution in [3.63, 3.8) is 0 Å². The molecule has 0 aliphatic carbocycles. The second-order valence-corrected chi connectivity index (χ2v) is 5.67. The molecule has 0 saturated carbocycles. The van der Waals surface area contributed by atoms with Crippen LogP contribution in [0.2, 0.25) is 0 Å². The van der Waals surface area contributed by atoms with Crippen molar-refractivity contribution in [2.45, 2.75) is 19.3 Å². The number of likely N-dealkylation sites (N-methyl/N-ethyl adjacent to an activating group) is 1. The molecule has 0 bridgehead atoms. The lowest BCUT2D eigenvalue weighted by molar-refractivity contribution is -0.135. The normalized spacial score (nSPS) is 11.1. The Labute approximate surface area is 115 Å². The fraction of sp³-hybridized carbons (Fsp3) is 0.385. The number of benzene rings is 1. The van der Waals surface area contributed by atoms with E-state index < -0.39 is 11.4 Å². The lowest BCUT2D eigenvalue weighted by atomic mass is 9.85. The molecule has 0 aromatic heterocycles. The highest BCUT2D eigenvalue weighted by atomic mass is 79.9. The van der Waals surface area contributed by atoms with Gasteiger partial charge >= 0.3 is 5.97 Å². The van der Waals surface area contributed by atoms with Gasteiger partial charge in [-0.25, -0.2) is 0 Å². The van der Waals surface area contributed by atoms with Crippen molar-refractivity contribution in [2.75, 3.05) is 18.5 Å². The lowest BCUT2D eigenvalue weighted by Gasteiger charge is -2.27. The number of carboxylic acid groups (broad SMARTS) is 1. The molecule has 0 heterocycles. The van der Waals surface area contributed by atoms with Gasteiger partial charge in [-0.1, -0.05) is 15.9 Å². The zero-order valence-corrected chi connectivity index (χ0v) is 12.2. The maximum absolute atomic E-state index is 11.2. The van der Waals surface area contributed by atoms with E-state index in [0.29, 0.717) is 0 Å². The van der Waals surface area contributed by atoms with Crippen LogP contribution in [0.4, 0.5) is 5.69 Å². The van der Waals surface area contributed by atoms with E-state index in [1.807, 2.05) is 18.2 Å². The van der Waals surface area contributed by atoms with Gasteiger partial charge in [0.25, 0.3) is 0 Å². The zero-order chi connectivity index (χ0) is 13.9. The maximum atomic E-state index is 11.2. The minimum Gasteiger partial charge on any atom is -0.480 e. The molecule has 0 spiro atoms. The number of carbonyl (C=O) groups excluding carboxylic acids is 1. The largest absolute Gasteiger partial charge is 0.480 e. The fourth-order valence-electron chi connectivity index (χ4n) is 1.71. The van der Waals surface area contributed by atoms with E-state index in [1.54, 1.807) is 25.8 Å². The van der Waals surface area contributed by atoms with E-state index in [1.165, 1.54) is 0 Å². The number of rotatable bonds is 5. The summed E-state index contributed by atoms with van der Waals surface area (Å²) in [5.74, 6) is -0.907. The van der Waals surface area contributed by atoms with Crippen LogP contribution in [0.1, 0.15) is 19.4 Å². The third-order valence-electron chi connectivity index (χ3n) is 2.73. The number of carbonyl (C=O) groups is 2. The van der Waals surface area contributed by atoms with E-state index in [2.05, 4.69) is 15.9 Å². The van der Waals surface area contributed by atoms with Crippen molar-refractivity contribution in [1.82, 2.24) is 0 Å². The Bertz CT molecular complexity index is 471. The monoisotopic (exact) mass is 313 g/mol. The summed E-state index contributed by atoms with van der Waals surface area (Å²) in [5, 5.41) is 8.83. The molecule has 1 rings (SSSR count). The SMILES string of the molecule is CN(CC(=O)O)c1ccc(Br)cc1C(C)(C)C=O. The smallest absolute Gasteiger partial charge is 0.323 e. The summed E-state index contributed by atoms with van der Waals surface area (Å²) in [7, 11) is 1.70. The van der Waals surface area contributed by atoms with Gasteiger partial charge in [-0.2, -0.15) is 0 Å². The van der Waals surface area contributed by atoms with Crippen LogP contribution in [0, 0.1) is 0 Å².